The number of halogens is 1. The zero-order valence-corrected chi connectivity index (χ0v) is 11.1. The summed E-state index contributed by atoms with van der Waals surface area (Å²) >= 11 is 3.21. The van der Waals surface area contributed by atoms with Crippen LogP contribution in [0.1, 0.15) is 13.8 Å². The SMILES string of the molecule is CC(C)[C@@H](CO)Nc1ncc([N+](=O)[O-])cc1Br. The highest BCUT2D eigenvalue weighted by atomic mass is 79.9. The van der Waals surface area contributed by atoms with Crippen LogP contribution in [-0.2, 0) is 0 Å². The summed E-state index contributed by atoms with van der Waals surface area (Å²) in [7, 11) is 0. The molecule has 0 saturated carbocycles. The highest BCUT2D eigenvalue weighted by Crippen LogP contribution is 2.25. The standard InChI is InChI=1S/C10H14BrN3O3/c1-6(2)9(5-15)13-10-8(11)3-7(4-12-10)14(16)17/h3-4,6,9,15H,5H2,1-2H3,(H,12,13)/t9-/m1/s1. The molecule has 0 saturated heterocycles. The Hall–Kier alpha value is -1.21. The largest absolute Gasteiger partial charge is 0.394 e. The van der Waals surface area contributed by atoms with Crippen molar-refractivity contribution in [1.82, 2.24) is 4.98 Å². The molecule has 0 radical (unpaired) electrons. The normalized spacial score (nSPS) is 12.5. The number of aromatic nitrogens is 1. The van der Waals surface area contributed by atoms with Gasteiger partial charge in [0.15, 0.2) is 0 Å². The van der Waals surface area contributed by atoms with Gasteiger partial charge in [0, 0.05) is 6.07 Å². The minimum Gasteiger partial charge on any atom is -0.394 e. The van der Waals surface area contributed by atoms with Crippen molar-refractivity contribution in [3.05, 3.63) is 26.9 Å². The third kappa shape index (κ3) is 3.64. The molecule has 0 bridgehead atoms. The summed E-state index contributed by atoms with van der Waals surface area (Å²) in [5, 5.41) is 22.7. The van der Waals surface area contributed by atoms with Crippen LogP contribution in [0.25, 0.3) is 0 Å². The Morgan fingerprint density at radius 2 is 2.29 bits per heavy atom. The fourth-order valence-electron chi connectivity index (χ4n) is 1.23. The second kappa shape index (κ2) is 5.92. The summed E-state index contributed by atoms with van der Waals surface area (Å²) < 4.78 is 0.505. The van der Waals surface area contributed by atoms with Gasteiger partial charge in [0.05, 0.1) is 22.0 Å². The highest BCUT2D eigenvalue weighted by Gasteiger charge is 2.16. The summed E-state index contributed by atoms with van der Waals surface area (Å²) in [6.45, 7) is 3.91. The number of rotatable bonds is 5. The smallest absolute Gasteiger partial charge is 0.288 e. The second-order valence-corrected chi connectivity index (χ2v) is 4.81. The molecule has 0 aliphatic heterocycles. The molecule has 0 aliphatic carbocycles. The molecule has 1 aromatic heterocycles. The molecule has 0 spiro atoms. The van der Waals surface area contributed by atoms with Gasteiger partial charge in [-0.2, -0.15) is 0 Å². The Kier molecular flexibility index (Phi) is 4.83. The molecular formula is C10H14BrN3O3. The lowest BCUT2D eigenvalue weighted by Gasteiger charge is -2.20. The molecule has 7 heteroatoms. The summed E-state index contributed by atoms with van der Waals surface area (Å²) in [5.41, 5.74) is -0.0764. The van der Waals surface area contributed by atoms with E-state index in [4.69, 9.17) is 0 Å². The first-order valence-electron chi connectivity index (χ1n) is 5.13. The van der Waals surface area contributed by atoms with Crippen molar-refractivity contribution < 1.29 is 10.0 Å². The van der Waals surface area contributed by atoms with Crippen molar-refractivity contribution in [2.24, 2.45) is 5.92 Å². The van der Waals surface area contributed by atoms with E-state index in [1.54, 1.807) is 0 Å². The van der Waals surface area contributed by atoms with Gasteiger partial charge in [-0.25, -0.2) is 4.98 Å². The van der Waals surface area contributed by atoms with Gasteiger partial charge >= 0.3 is 0 Å². The number of nitro groups is 1. The van der Waals surface area contributed by atoms with Crippen molar-refractivity contribution in [1.29, 1.82) is 0 Å². The number of aliphatic hydroxyl groups excluding tert-OH is 1. The van der Waals surface area contributed by atoms with Crippen molar-refractivity contribution in [3.8, 4) is 0 Å². The van der Waals surface area contributed by atoms with Crippen LogP contribution >= 0.6 is 15.9 Å². The second-order valence-electron chi connectivity index (χ2n) is 3.96. The molecule has 2 N–H and O–H groups in total. The van der Waals surface area contributed by atoms with Crippen LogP contribution in [0.3, 0.4) is 0 Å². The monoisotopic (exact) mass is 303 g/mol. The quantitative estimate of drug-likeness (QED) is 0.643. The minimum atomic E-state index is -0.506. The lowest BCUT2D eigenvalue weighted by Crippen LogP contribution is -2.30. The van der Waals surface area contributed by atoms with Gasteiger partial charge in [0.2, 0.25) is 0 Å². The molecule has 1 atom stereocenters. The molecule has 17 heavy (non-hydrogen) atoms. The molecule has 0 aromatic carbocycles. The lowest BCUT2D eigenvalue weighted by molar-refractivity contribution is -0.385. The Bertz CT molecular complexity index is 412. The van der Waals surface area contributed by atoms with Gasteiger partial charge in [-0.15, -0.1) is 0 Å². The van der Waals surface area contributed by atoms with Gasteiger partial charge in [-0.05, 0) is 21.8 Å². The molecule has 6 nitrogen and oxygen atoms in total. The van der Waals surface area contributed by atoms with Gasteiger partial charge in [-0.1, -0.05) is 13.8 Å². The Balaban J connectivity index is 2.89. The summed E-state index contributed by atoms with van der Waals surface area (Å²) in [5.74, 6) is 0.715. The molecule has 1 aromatic rings. The summed E-state index contributed by atoms with van der Waals surface area (Å²) in [4.78, 5) is 14.0. The van der Waals surface area contributed by atoms with E-state index in [-0.39, 0.29) is 24.3 Å². The van der Waals surface area contributed by atoms with Crippen LogP contribution < -0.4 is 5.32 Å². The Morgan fingerprint density at radius 1 is 1.65 bits per heavy atom. The van der Waals surface area contributed by atoms with Crippen LogP contribution in [0.2, 0.25) is 0 Å². The fraction of sp³-hybridized carbons (Fsp3) is 0.500. The average molecular weight is 304 g/mol. The topological polar surface area (TPSA) is 88.3 Å². The predicted molar refractivity (Wildman–Crippen MR) is 67.9 cm³/mol. The number of nitrogens with zero attached hydrogens (tertiary/aromatic N) is 2. The van der Waals surface area contributed by atoms with Gasteiger partial charge in [0.25, 0.3) is 5.69 Å². The van der Waals surface area contributed by atoms with Crippen LogP contribution in [0.15, 0.2) is 16.7 Å². The van der Waals surface area contributed by atoms with Crippen molar-refractivity contribution in [2.75, 3.05) is 11.9 Å². The van der Waals surface area contributed by atoms with Gasteiger partial charge < -0.3 is 10.4 Å². The minimum absolute atomic E-state index is 0.0250. The van der Waals surface area contributed by atoms with E-state index in [1.165, 1.54) is 12.3 Å². The maximum Gasteiger partial charge on any atom is 0.288 e. The lowest BCUT2D eigenvalue weighted by atomic mass is 10.1. The fourth-order valence-corrected chi connectivity index (χ4v) is 1.68. The van der Waals surface area contributed by atoms with Crippen molar-refractivity contribution in [2.45, 2.75) is 19.9 Å². The zero-order valence-electron chi connectivity index (χ0n) is 9.55. The molecule has 0 fully saturated rings. The number of hydrogen-bond donors (Lipinski definition) is 2. The van der Waals surface area contributed by atoms with Crippen LogP contribution in [0.5, 0.6) is 0 Å². The summed E-state index contributed by atoms with van der Waals surface area (Å²) in [6, 6.07) is 1.24. The molecule has 94 valence electrons. The van der Waals surface area contributed by atoms with Crippen LogP contribution in [-0.4, -0.2) is 27.7 Å². The zero-order chi connectivity index (χ0) is 13.0. The van der Waals surface area contributed by atoms with E-state index in [1.807, 2.05) is 13.8 Å². The first kappa shape index (κ1) is 13.9. The third-order valence-corrected chi connectivity index (χ3v) is 2.97. The van der Waals surface area contributed by atoms with Crippen molar-refractivity contribution >= 4 is 27.4 Å². The molecule has 1 rings (SSSR count). The van der Waals surface area contributed by atoms with Gasteiger partial charge in [0.1, 0.15) is 12.0 Å². The average Bonchev–Trinajstić information content (AvgIpc) is 2.26. The van der Waals surface area contributed by atoms with E-state index >= 15 is 0 Å². The van der Waals surface area contributed by atoms with Crippen molar-refractivity contribution in [3.63, 3.8) is 0 Å². The van der Waals surface area contributed by atoms with E-state index in [0.29, 0.717) is 10.3 Å². The number of nitrogens with one attached hydrogen (secondary N) is 1. The maximum atomic E-state index is 10.5. The third-order valence-electron chi connectivity index (χ3n) is 2.36. The molecule has 1 heterocycles. The van der Waals surface area contributed by atoms with E-state index < -0.39 is 4.92 Å². The molecule has 0 aliphatic rings. The maximum absolute atomic E-state index is 10.5. The number of anilines is 1. The Morgan fingerprint density at radius 3 is 2.71 bits per heavy atom. The van der Waals surface area contributed by atoms with E-state index in [0.717, 1.165) is 0 Å². The van der Waals surface area contributed by atoms with Crippen LogP contribution in [0.4, 0.5) is 11.5 Å². The predicted octanol–water partition coefficient (Wildman–Crippen LogP) is 2.18. The number of hydrogen-bond acceptors (Lipinski definition) is 5. The number of aliphatic hydroxyl groups is 1. The number of pyridine rings is 1. The molecular weight excluding hydrogens is 290 g/mol. The molecule has 0 unspecified atom stereocenters. The Labute approximate surface area is 107 Å². The summed E-state index contributed by atoms with van der Waals surface area (Å²) in [6.07, 6.45) is 1.18. The first-order valence-corrected chi connectivity index (χ1v) is 5.92. The van der Waals surface area contributed by atoms with Gasteiger partial charge in [-0.3, -0.25) is 10.1 Å². The highest BCUT2D eigenvalue weighted by molar-refractivity contribution is 9.10. The molecule has 0 amide bonds. The first-order chi connectivity index (χ1) is 7.95. The van der Waals surface area contributed by atoms with E-state index in [9.17, 15) is 15.2 Å². The van der Waals surface area contributed by atoms with E-state index in [2.05, 4.69) is 26.2 Å². The van der Waals surface area contributed by atoms with Crippen LogP contribution in [0, 0.1) is 16.0 Å².